The van der Waals surface area contributed by atoms with Gasteiger partial charge in [-0.15, -0.1) is 0 Å². The summed E-state index contributed by atoms with van der Waals surface area (Å²) in [7, 11) is 0. The lowest BCUT2D eigenvalue weighted by molar-refractivity contribution is 1.17. The maximum atomic E-state index is 11.4. The number of H-pyrrole nitrogens is 1. The SMILES string of the molecule is O=c1[nH]c(Cl)nc2cc(Cl)c(Br)cc12. The van der Waals surface area contributed by atoms with Gasteiger partial charge in [0.05, 0.1) is 15.9 Å². The summed E-state index contributed by atoms with van der Waals surface area (Å²) in [6.45, 7) is 0. The molecule has 72 valence electrons. The van der Waals surface area contributed by atoms with E-state index in [0.29, 0.717) is 20.4 Å². The standard InChI is InChI=1S/C8H3BrCl2N2O/c9-4-1-3-6(2-5(4)10)12-8(11)13-7(3)14/h1-2H,(H,12,13,14). The molecule has 1 aromatic heterocycles. The summed E-state index contributed by atoms with van der Waals surface area (Å²) in [4.78, 5) is 17.8. The number of aromatic amines is 1. The summed E-state index contributed by atoms with van der Waals surface area (Å²) in [5, 5.41) is 0.998. The molecule has 3 nitrogen and oxygen atoms in total. The second kappa shape index (κ2) is 3.53. The largest absolute Gasteiger partial charge is 0.297 e. The maximum absolute atomic E-state index is 11.4. The molecule has 1 aromatic carbocycles. The monoisotopic (exact) mass is 292 g/mol. The van der Waals surface area contributed by atoms with Crippen LogP contribution in [0.5, 0.6) is 0 Å². The number of benzene rings is 1. The zero-order valence-corrected chi connectivity index (χ0v) is 9.74. The predicted molar refractivity (Wildman–Crippen MR) is 60.1 cm³/mol. The zero-order chi connectivity index (χ0) is 10.3. The molecule has 0 spiro atoms. The van der Waals surface area contributed by atoms with Gasteiger partial charge < -0.3 is 0 Å². The highest BCUT2D eigenvalue weighted by Crippen LogP contribution is 2.25. The molecule has 0 saturated heterocycles. The van der Waals surface area contributed by atoms with Gasteiger partial charge in [0.1, 0.15) is 0 Å². The lowest BCUT2D eigenvalue weighted by atomic mass is 10.2. The number of rotatable bonds is 0. The molecular formula is C8H3BrCl2N2O. The Balaban J connectivity index is 2.96. The lowest BCUT2D eigenvalue weighted by Crippen LogP contribution is -2.07. The van der Waals surface area contributed by atoms with E-state index in [-0.39, 0.29) is 10.8 Å². The zero-order valence-electron chi connectivity index (χ0n) is 6.64. The molecule has 14 heavy (non-hydrogen) atoms. The molecule has 0 unspecified atom stereocenters. The van der Waals surface area contributed by atoms with Gasteiger partial charge in [-0.05, 0) is 39.7 Å². The Kier molecular flexibility index (Phi) is 2.51. The first-order chi connectivity index (χ1) is 6.58. The molecule has 0 saturated carbocycles. The summed E-state index contributed by atoms with van der Waals surface area (Å²) in [5.74, 6) is 0. The van der Waals surface area contributed by atoms with Crippen LogP contribution in [0.2, 0.25) is 10.3 Å². The van der Waals surface area contributed by atoms with E-state index in [0.717, 1.165) is 0 Å². The third-order valence-corrected chi connectivity index (χ3v) is 3.09. The number of nitrogens with zero attached hydrogens (tertiary/aromatic N) is 1. The average molecular weight is 294 g/mol. The van der Waals surface area contributed by atoms with Gasteiger partial charge in [0.2, 0.25) is 5.28 Å². The van der Waals surface area contributed by atoms with E-state index in [1.165, 1.54) is 0 Å². The first-order valence-corrected chi connectivity index (χ1v) is 5.17. The number of aromatic nitrogens is 2. The van der Waals surface area contributed by atoms with Gasteiger partial charge in [-0.1, -0.05) is 11.6 Å². The van der Waals surface area contributed by atoms with Crippen LogP contribution in [0, 0.1) is 0 Å². The molecule has 1 N–H and O–H groups in total. The molecule has 2 rings (SSSR count). The van der Waals surface area contributed by atoms with Gasteiger partial charge in [-0.2, -0.15) is 0 Å². The van der Waals surface area contributed by atoms with Crippen LogP contribution in [0.1, 0.15) is 0 Å². The minimum absolute atomic E-state index is 0.0564. The van der Waals surface area contributed by atoms with Crippen molar-refractivity contribution in [2.45, 2.75) is 0 Å². The molecule has 1 heterocycles. The highest BCUT2D eigenvalue weighted by atomic mass is 79.9. The van der Waals surface area contributed by atoms with Crippen molar-refractivity contribution >= 4 is 50.0 Å². The molecule has 0 amide bonds. The van der Waals surface area contributed by atoms with Crippen LogP contribution >= 0.6 is 39.1 Å². The molecule has 0 atom stereocenters. The van der Waals surface area contributed by atoms with Crippen molar-refractivity contribution in [3.8, 4) is 0 Å². The number of hydrogen-bond acceptors (Lipinski definition) is 2. The minimum Gasteiger partial charge on any atom is -0.297 e. The smallest absolute Gasteiger partial charge is 0.259 e. The molecule has 0 aliphatic carbocycles. The number of fused-ring (bicyclic) bond motifs is 1. The predicted octanol–water partition coefficient (Wildman–Crippen LogP) is 2.99. The van der Waals surface area contributed by atoms with Gasteiger partial charge in [0.25, 0.3) is 5.56 Å². The van der Waals surface area contributed by atoms with Gasteiger partial charge in [0, 0.05) is 4.47 Å². The number of halogens is 3. The van der Waals surface area contributed by atoms with E-state index in [1.807, 2.05) is 0 Å². The Morgan fingerprint density at radius 2 is 2.07 bits per heavy atom. The summed E-state index contributed by atoms with van der Waals surface area (Å²) >= 11 is 14.7. The Morgan fingerprint density at radius 1 is 1.36 bits per heavy atom. The topological polar surface area (TPSA) is 45.8 Å². The fourth-order valence-electron chi connectivity index (χ4n) is 1.11. The molecule has 0 bridgehead atoms. The molecule has 0 aliphatic heterocycles. The maximum Gasteiger partial charge on any atom is 0.259 e. The first-order valence-electron chi connectivity index (χ1n) is 3.62. The van der Waals surface area contributed by atoms with E-state index in [1.54, 1.807) is 12.1 Å². The highest BCUT2D eigenvalue weighted by Gasteiger charge is 2.05. The van der Waals surface area contributed by atoms with Crippen LogP contribution in [-0.2, 0) is 0 Å². The molecule has 0 radical (unpaired) electrons. The number of nitrogens with one attached hydrogen (secondary N) is 1. The normalized spacial score (nSPS) is 10.8. The van der Waals surface area contributed by atoms with Crippen LogP contribution in [0.3, 0.4) is 0 Å². The Bertz CT molecular complexity index is 567. The molecule has 6 heteroatoms. The van der Waals surface area contributed by atoms with Crippen molar-refractivity contribution in [3.05, 3.63) is 37.3 Å². The third kappa shape index (κ3) is 1.65. The fourth-order valence-corrected chi connectivity index (χ4v) is 1.78. The van der Waals surface area contributed by atoms with Gasteiger partial charge in [-0.3, -0.25) is 9.78 Å². The summed E-state index contributed by atoms with van der Waals surface area (Å²) in [6, 6.07) is 3.20. The Labute approximate surface area is 97.2 Å². The quantitative estimate of drug-likeness (QED) is 0.759. The second-order valence-corrected chi connectivity index (χ2v) is 4.26. The Hall–Kier alpha value is -0.580. The van der Waals surface area contributed by atoms with Crippen LogP contribution in [0.15, 0.2) is 21.4 Å². The van der Waals surface area contributed by atoms with Gasteiger partial charge in [0.15, 0.2) is 0 Å². The van der Waals surface area contributed by atoms with Crippen molar-refractivity contribution in [1.82, 2.24) is 9.97 Å². The van der Waals surface area contributed by atoms with Gasteiger partial charge >= 0.3 is 0 Å². The average Bonchev–Trinajstić information content (AvgIpc) is 2.08. The van der Waals surface area contributed by atoms with E-state index < -0.39 is 0 Å². The molecular weight excluding hydrogens is 291 g/mol. The van der Waals surface area contributed by atoms with Crippen molar-refractivity contribution in [2.75, 3.05) is 0 Å². The van der Waals surface area contributed by atoms with Crippen LogP contribution in [0.25, 0.3) is 10.9 Å². The number of hydrogen-bond donors (Lipinski definition) is 1. The van der Waals surface area contributed by atoms with E-state index in [9.17, 15) is 4.79 Å². The van der Waals surface area contributed by atoms with Crippen LogP contribution < -0.4 is 5.56 Å². The van der Waals surface area contributed by atoms with E-state index >= 15 is 0 Å². The Morgan fingerprint density at radius 3 is 2.79 bits per heavy atom. The van der Waals surface area contributed by atoms with E-state index in [4.69, 9.17) is 23.2 Å². The highest BCUT2D eigenvalue weighted by molar-refractivity contribution is 9.10. The van der Waals surface area contributed by atoms with Crippen molar-refractivity contribution in [2.24, 2.45) is 0 Å². The third-order valence-electron chi connectivity index (χ3n) is 1.72. The van der Waals surface area contributed by atoms with Crippen molar-refractivity contribution < 1.29 is 0 Å². The molecule has 0 fully saturated rings. The van der Waals surface area contributed by atoms with Crippen molar-refractivity contribution in [3.63, 3.8) is 0 Å². The fraction of sp³-hybridized carbons (Fsp3) is 0. The molecule has 0 aliphatic rings. The second-order valence-electron chi connectivity index (χ2n) is 2.64. The van der Waals surface area contributed by atoms with Gasteiger partial charge in [-0.25, -0.2) is 4.98 Å². The van der Waals surface area contributed by atoms with E-state index in [2.05, 4.69) is 25.9 Å². The lowest BCUT2D eigenvalue weighted by Gasteiger charge is -1.99. The summed E-state index contributed by atoms with van der Waals surface area (Å²) < 4.78 is 0.654. The minimum atomic E-state index is -0.280. The summed E-state index contributed by atoms with van der Waals surface area (Å²) in [5.41, 5.74) is 0.198. The van der Waals surface area contributed by atoms with Crippen molar-refractivity contribution in [1.29, 1.82) is 0 Å². The van der Waals surface area contributed by atoms with Crippen LogP contribution in [0.4, 0.5) is 0 Å². The summed E-state index contributed by atoms with van der Waals surface area (Å²) in [6.07, 6.45) is 0. The first kappa shape index (κ1) is 9.96. The van der Waals surface area contributed by atoms with Crippen LogP contribution in [-0.4, -0.2) is 9.97 Å². The molecule has 2 aromatic rings.